The summed E-state index contributed by atoms with van der Waals surface area (Å²) in [6.45, 7) is 4.09. The number of benzene rings is 2. The van der Waals surface area contributed by atoms with E-state index in [-0.39, 0.29) is 30.9 Å². The summed E-state index contributed by atoms with van der Waals surface area (Å²) in [6, 6.07) is 16.7. The fourth-order valence-corrected chi connectivity index (χ4v) is 2.92. The Bertz CT molecular complexity index is 948. The van der Waals surface area contributed by atoms with Crippen molar-refractivity contribution in [3.63, 3.8) is 0 Å². The third kappa shape index (κ3) is 4.58. The first kappa shape index (κ1) is 19.6. The molecule has 146 valence electrons. The normalized spacial score (nSPS) is 11.9. The number of fused-ring (bicyclic) bond motifs is 1. The van der Waals surface area contributed by atoms with Gasteiger partial charge in [0.1, 0.15) is 5.58 Å². The first-order valence-corrected chi connectivity index (χ1v) is 9.19. The van der Waals surface area contributed by atoms with Gasteiger partial charge in [0.2, 0.25) is 5.76 Å². The minimum Gasteiger partial charge on any atom is -0.450 e. The quantitative estimate of drug-likeness (QED) is 0.597. The molecular weight excluding hydrogens is 358 g/mol. The molecule has 1 amide bonds. The molecule has 3 aromatic rings. The van der Waals surface area contributed by atoms with Crippen molar-refractivity contribution >= 4 is 22.8 Å². The summed E-state index contributed by atoms with van der Waals surface area (Å²) in [5, 5.41) is 3.60. The number of amides is 1. The molecule has 0 aliphatic rings. The van der Waals surface area contributed by atoms with Crippen molar-refractivity contribution < 1.29 is 23.5 Å². The van der Waals surface area contributed by atoms with Gasteiger partial charge < -0.3 is 19.2 Å². The monoisotopic (exact) mass is 381 g/mol. The van der Waals surface area contributed by atoms with Crippen LogP contribution in [0, 0.1) is 0 Å². The molecule has 1 atom stereocenters. The molecule has 28 heavy (non-hydrogen) atoms. The SMILES string of the molecule is CCOCc1c(C(=O)OCC(=O)N[C@@H](C)c2ccccc2)oc2ccccc12. The molecule has 3 rings (SSSR count). The molecule has 0 unspecified atom stereocenters. The van der Waals surface area contributed by atoms with Gasteiger partial charge in [0.15, 0.2) is 6.61 Å². The Morgan fingerprint density at radius 1 is 1.07 bits per heavy atom. The average molecular weight is 381 g/mol. The van der Waals surface area contributed by atoms with Gasteiger partial charge in [0, 0.05) is 17.6 Å². The van der Waals surface area contributed by atoms with Crippen LogP contribution in [0.5, 0.6) is 0 Å². The molecule has 1 heterocycles. The van der Waals surface area contributed by atoms with Gasteiger partial charge in [-0.1, -0.05) is 48.5 Å². The summed E-state index contributed by atoms with van der Waals surface area (Å²) in [6.07, 6.45) is 0. The Hall–Kier alpha value is -3.12. The van der Waals surface area contributed by atoms with Crippen LogP contribution in [0.1, 0.15) is 41.6 Å². The van der Waals surface area contributed by atoms with E-state index in [2.05, 4.69) is 5.32 Å². The van der Waals surface area contributed by atoms with Crippen LogP contribution in [0.15, 0.2) is 59.0 Å². The third-order valence-electron chi connectivity index (χ3n) is 4.35. The molecule has 1 aromatic heterocycles. The van der Waals surface area contributed by atoms with Crippen LogP contribution in [-0.2, 0) is 20.9 Å². The molecule has 0 saturated heterocycles. The fourth-order valence-electron chi connectivity index (χ4n) is 2.92. The highest BCUT2D eigenvalue weighted by Gasteiger charge is 2.23. The van der Waals surface area contributed by atoms with Crippen LogP contribution in [0.25, 0.3) is 11.0 Å². The van der Waals surface area contributed by atoms with Gasteiger partial charge in [-0.05, 0) is 25.5 Å². The number of ether oxygens (including phenoxy) is 2. The predicted octanol–water partition coefficient (Wildman–Crippen LogP) is 4.00. The number of rotatable bonds is 8. The van der Waals surface area contributed by atoms with E-state index in [4.69, 9.17) is 13.9 Å². The number of carbonyl (C=O) groups excluding carboxylic acids is 2. The molecule has 0 fully saturated rings. The lowest BCUT2D eigenvalue weighted by molar-refractivity contribution is -0.124. The highest BCUT2D eigenvalue weighted by Crippen LogP contribution is 2.27. The minimum atomic E-state index is -0.687. The van der Waals surface area contributed by atoms with E-state index in [1.165, 1.54) is 0 Å². The lowest BCUT2D eigenvalue weighted by Gasteiger charge is -2.14. The van der Waals surface area contributed by atoms with Gasteiger partial charge in [-0.25, -0.2) is 4.79 Å². The van der Waals surface area contributed by atoms with E-state index < -0.39 is 5.97 Å². The Labute approximate surface area is 163 Å². The maximum absolute atomic E-state index is 12.5. The topological polar surface area (TPSA) is 77.8 Å². The number of nitrogens with one attached hydrogen (secondary N) is 1. The number of furan rings is 1. The van der Waals surface area contributed by atoms with E-state index >= 15 is 0 Å². The molecule has 0 aliphatic carbocycles. The van der Waals surface area contributed by atoms with Crippen LogP contribution in [0.3, 0.4) is 0 Å². The Balaban J connectivity index is 1.65. The Kier molecular flexibility index (Phi) is 6.45. The van der Waals surface area contributed by atoms with Gasteiger partial charge in [0.25, 0.3) is 5.91 Å². The molecular formula is C22H23NO5. The lowest BCUT2D eigenvalue weighted by Crippen LogP contribution is -2.31. The molecule has 0 saturated carbocycles. The highest BCUT2D eigenvalue weighted by atomic mass is 16.5. The minimum absolute atomic E-state index is 0.0681. The second-order valence-electron chi connectivity index (χ2n) is 6.32. The zero-order valence-electron chi connectivity index (χ0n) is 15.9. The number of hydrogen-bond donors (Lipinski definition) is 1. The molecule has 6 heteroatoms. The number of carbonyl (C=O) groups is 2. The number of hydrogen-bond acceptors (Lipinski definition) is 5. The van der Waals surface area contributed by atoms with Gasteiger partial charge in [-0.3, -0.25) is 4.79 Å². The van der Waals surface area contributed by atoms with E-state index in [0.29, 0.717) is 17.8 Å². The molecule has 0 spiro atoms. The third-order valence-corrected chi connectivity index (χ3v) is 4.35. The van der Waals surface area contributed by atoms with Crippen molar-refractivity contribution in [2.45, 2.75) is 26.5 Å². The smallest absolute Gasteiger partial charge is 0.375 e. The second kappa shape index (κ2) is 9.19. The summed E-state index contributed by atoms with van der Waals surface area (Å²) in [7, 11) is 0. The van der Waals surface area contributed by atoms with Crippen LogP contribution >= 0.6 is 0 Å². The summed E-state index contributed by atoms with van der Waals surface area (Å²) >= 11 is 0. The van der Waals surface area contributed by atoms with E-state index in [9.17, 15) is 9.59 Å². The maximum atomic E-state index is 12.5. The van der Waals surface area contributed by atoms with Gasteiger partial charge >= 0.3 is 5.97 Å². The molecule has 1 N–H and O–H groups in total. The van der Waals surface area contributed by atoms with E-state index in [1.54, 1.807) is 6.07 Å². The largest absolute Gasteiger partial charge is 0.450 e. The number of para-hydroxylation sites is 1. The summed E-state index contributed by atoms with van der Waals surface area (Å²) in [5.41, 5.74) is 2.17. The Morgan fingerprint density at radius 3 is 2.54 bits per heavy atom. The van der Waals surface area contributed by atoms with Crippen molar-refractivity contribution in [2.75, 3.05) is 13.2 Å². The maximum Gasteiger partial charge on any atom is 0.375 e. The predicted molar refractivity (Wildman–Crippen MR) is 105 cm³/mol. The molecule has 0 bridgehead atoms. The van der Waals surface area contributed by atoms with Crippen molar-refractivity contribution in [3.05, 3.63) is 71.5 Å². The zero-order valence-corrected chi connectivity index (χ0v) is 15.9. The van der Waals surface area contributed by atoms with Crippen LogP contribution in [0.4, 0.5) is 0 Å². The molecule has 0 radical (unpaired) electrons. The summed E-state index contributed by atoms with van der Waals surface area (Å²) in [5.74, 6) is -1.00. The first-order valence-electron chi connectivity index (χ1n) is 9.19. The van der Waals surface area contributed by atoms with Gasteiger partial charge in [-0.15, -0.1) is 0 Å². The Morgan fingerprint density at radius 2 is 1.79 bits per heavy atom. The molecule has 6 nitrogen and oxygen atoms in total. The summed E-state index contributed by atoms with van der Waals surface area (Å²) in [4.78, 5) is 24.7. The van der Waals surface area contributed by atoms with Crippen molar-refractivity contribution in [1.29, 1.82) is 0 Å². The fraction of sp³-hybridized carbons (Fsp3) is 0.273. The standard InChI is InChI=1S/C22H23NO5/c1-3-26-13-18-17-11-7-8-12-19(17)28-21(18)22(25)27-14-20(24)23-15(2)16-9-5-4-6-10-16/h4-12,15H,3,13-14H2,1-2H3,(H,23,24)/t15-/m0/s1. The van der Waals surface area contributed by atoms with Gasteiger partial charge in [0.05, 0.1) is 12.6 Å². The van der Waals surface area contributed by atoms with Crippen LogP contribution in [0.2, 0.25) is 0 Å². The van der Waals surface area contributed by atoms with Crippen molar-refractivity contribution in [3.8, 4) is 0 Å². The average Bonchev–Trinajstić information content (AvgIpc) is 3.09. The van der Waals surface area contributed by atoms with E-state index in [0.717, 1.165) is 10.9 Å². The van der Waals surface area contributed by atoms with E-state index in [1.807, 2.05) is 62.4 Å². The first-order chi connectivity index (χ1) is 13.6. The van der Waals surface area contributed by atoms with Crippen LogP contribution < -0.4 is 5.32 Å². The van der Waals surface area contributed by atoms with Crippen LogP contribution in [-0.4, -0.2) is 25.1 Å². The van der Waals surface area contributed by atoms with Crippen molar-refractivity contribution in [2.24, 2.45) is 0 Å². The zero-order chi connectivity index (χ0) is 19.9. The second-order valence-corrected chi connectivity index (χ2v) is 6.32. The number of esters is 1. The van der Waals surface area contributed by atoms with Gasteiger partial charge in [-0.2, -0.15) is 0 Å². The van der Waals surface area contributed by atoms with Crippen molar-refractivity contribution in [1.82, 2.24) is 5.32 Å². The summed E-state index contributed by atoms with van der Waals surface area (Å²) < 4.78 is 16.3. The lowest BCUT2D eigenvalue weighted by atomic mass is 10.1. The highest BCUT2D eigenvalue weighted by molar-refractivity contribution is 5.96. The molecule has 0 aliphatic heterocycles. The molecule has 2 aromatic carbocycles.